The molecule has 1 N–H and O–H groups in total. The van der Waals surface area contributed by atoms with Crippen LogP contribution in [0.2, 0.25) is 0 Å². The molecule has 0 amide bonds. The molecule has 4 heterocycles. The molecule has 57 heavy (non-hydrogen) atoms. The Labute approximate surface area is 331 Å². The summed E-state index contributed by atoms with van der Waals surface area (Å²) in [5.74, 6) is -1.33. The van der Waals surface area contributed by atoms with Crippen molar-refractivity contribution in [2.45, 2.75) is 12.2 Å². The minimum atomic E-state index is -4.50. The third-order valence-corrected chi connectivity index (χ3v) is 11.2. The van der Waals surface area contributed by atoms with Gasteiger partial charge in [0, 0.05) is 56.8 Å². The van der Waals surface area contributed by atoms with E-state index in [2.05, 4.69) is 9.80 Å². The number of hydrogen-bond acceptors (Lipinski definition) is 16. The molecule has 4 aliphatic rings. The Balaban J connectivity index is 1.32. The summed E-state index contributed by atoms with van der Waals surface area (Å²) < 4.78 is 85.3. The third kappa shape index (κ3) is 9.41. The molecule has 7 rings (SSSR count). The molecule has 3 aromatic carbocycles. The Hall–Kier alpha value is -4.62. The quantitative estimate of drug-likeness (QED) is 0.147. The molecule has 4 aliphatic heterocycles. The molecular formula is C40H48N2O14S. The molecule has 0 spiro atoms. The number of esters is 1. The normalized spacial score (nSPS) is 20.1. The molecular weight excluding hydrogens is 765 g/mol. The van der Waals surface area contributed by atoms with Crippen LogP contribution in [0.1, 0.15) is 16.7 Å². The van der Waals surface area contributed by atoms with Crippen LogP contribution in [-0.2, 0) is 45.5 Å². The lowest BCUT2D eigenvalue weighted by molar-refractivity contribution is -0.174. The second kappa shape index (κ2) is 18.3. The molecule has 0 saturated carbocycles. The van der Waals surface area contributed by atoms with Gasteiger partial charge in [-0.1, -0.05) is 6.07 Å². The van der Waals surface area contributed by atoms with Crippen LogP contribution in [0.3, 0.4) is 0 Å². The summed E-state index contributed by atoms with van der Waals surface area (Å²) in [6.07, 6.45) is -0.0829. The van der Waals surface area contributed by atoms with Crippen molar-refractivity contribution in [3.8, 4) is 34.5 Å². The number of methoxy groups -OCH3 is 2. The average Bonchev–Trinajstić information content (AvgIpc) is 3.80. The van der Waals surface area contributed by atoms with E-state index in [0.29, 0.717) is 98.4 Å². The smallest absolute Gasteiger partial charge is 0.342 e. The van der Waals surface area contributed by atoms with Crippen molar-refractivity contribution in [3.05, 3.63) is 76.9 Å². The van der Waals surface area contributed by atoms with E-state index in [-0.39, 0.29) is 29.9 Å². The zero-order valence-corrected chi connectivity index (χ0v) is 32.9. The lowest BCUT2D eigenvalue weighted by Crippen LogP contribution is -2.39. The number of morpholine rings is 2. The first-order valence-corrected chi connectivity index (χ1v) is 20.4. The van der Waals surface area contributed by atoms with Crippen molar-refractivity contribution >= 4 is 21.7 Å². The molecule has 0 aromatic heterocycles. The number of rotatable bonds is 18. The Morgan fingerprint density at radius 2 is 1.44 bits per heavy atom. The average molecular weight is 813 g/mol. The number of nitrogens with zero attached hydrogens (tertiary/aromatic N) is 2. The summed E-state index contributed by atoms with van der Waals surface area (Å²) in [6.45, 7) is 7.05. The van der Waals surface area contributed by atoms with E-state index in [1.807, 2.05) is 0 Å². The standard InChI is InChI=1S/C40H48N2O14S/c1-47-31-6-4-30(5-7-31)40(56-57(45,46)22-15-43)32(37(39(44)55-40)29-3-8-33-34(26-29)54-27-53-33)23-28-24-35(48-2)38(52-21-14-42-11-18-50-19-12-42)36(25-28)51-20-13-41-9-16-49-17-10-41/h3-8,24-26,43H,9-23,27H2,1-2H3. The lowest BCUT2D eigenvalue weighted by atomic mass is 9.87. The van der Waals surface area contributed by atoms with Gasteiger partial charge >= 0.3 is 5.97 Å². The van der Waals surface area contributed by atoms with Gasteiger partial charge in [0.15, 0.2) is 23.0 Å². The number of fused-ring (bicyclic) bond motifs is 1. The van der Waals surface area contributed by atoms with E-state index in [4.69, 9.17) is 46.8 Å². The Bertz CT molecular complexity index is 2010. The van der Waals surface area contributed by atoms with E-state index < -0.39 is 34.2 Å². The molecule has 2 saturated heterocycles. The molecule has 0 bridgehead atoms. The summed E-state index contributed by atoms with van der Waals surface area (Å²) in [5, 5.41) is 9.70. The molecule has 2 fully saturated rings. The summed E-state index contributed by atoms with van der Waals surface area (Å²) in [7, 11) is -1.48. The number of carbonyl (C=O) groups is 1. The Kier molecular flexibility index (Phi) is 13.0. The maximum absolute atomic E-state index is 14.2. The SMILES string of the molecule is COc1ccc(C2(OS(=O)(=O)CCO)OC(=O)C(c3ccc4c(c3)OCO4)=C2Cc2cc(OC)c(OCCN3CCOCC3)c(OCCN3CCOCC3)c2)cc1. The van der Waals surface area contributed by atoms with Gasteiger partial charge < -0.3 is 47.7 Å². The molecule has 1 unspecified atom stereocenters. The molecule has 0 radical (unpaired) electrons. The van der Waals surface area contributed by atoms with Crippen LogP contribution in [0.25, 0.3) is 5.57 Å². The Morgan fingerprint density at radius 3 is 2.09 bits per heavy atom. The van der Waals surface area contributed by atoms with Crippen molar-refractivity contribution < 1.29 is 65.1 Å². The first-order chi connectivity index (χ1) is 27.7. The predicted molar refractivity (Wildman–Crippen MR) is 204 cm³/mol. The summed E-state index contributed by atoms with van der Waals surface area (Å²) in [6, 6.07) is 14.9. The zero-order chi connectivity index (χ0) is 39.8. The van der Waals surface area contributed by atoms with Crippen LogP contribution in [-0.4, -0.2) is 142 Å². The Morgan fingerprint density at radius 1 is 0.789 bits per heavy atom. The predicted octanol–water partition coefficient (Wildman–Crippen LogP) is 2.60. The molecule has 308 valence electrons. The van der Waals surface area contributed by atoms with Crippen molar-refractivity contribution in [2.24, 2.45) is 0 Å². The fourth-order valence-electron chi connectivity index (χ4n) is 7.12. The van der Waals surface area contributed by atoms with Gasteiger partial charge in [0.2, 0.25) is 12.5 Å². The lowest BCUT2D eigenvalue weighted by Gasteiger charge is -2.31. The molecule has 0 aliphatic carbocycles. The van der Waals surface area contributed by atoms with Gasteiger partial charge in [-0.3, -0.25) is 9.80 Å². The highest BCUT2D eigenvalue weighted by molar-refractivity contribution is 7.86. The van der Waals surface area contributed by atoms with Crippen LogP contribution in [0.4, 0.5) is 0 Å². The van der Waals surface area contributed by atoms with E-state index >= 15 is 0 Å². The second-order valence-electron chi connectivity index (χ2n) is 13.6. The first-order valence-electron chi connectivity index (χ1n) is 18.8. The van der Waals surface area contributed by atoms with Crippen molar-refractivity contribution in [1.29, 1.82) is 0 Å². The van der Waals surface area contributed by atoms with Gasteiger partial charge in [-0.25, -0.2) is 8.98 Å². The van der Waals surface area contributed by atoms with Gasteiger partial charge in [-0.2, -0.15) is 8.42 Å². The molecule has 16 nitrogen and oxygen atoms in total. The van der Waals surface area contributed by atoms with Crippen LogP contribution < -0.4 is 28.4 Å². The second-order valence-corrected chi connectivity index (χ2v) is 15.3. The van der Waals surface area contributed by atoms with Crippen LogP contribution >= 0.6 is 0 Å². The number of benzene rings is 3. The molecule has 3 aromatic rings. The number of aliphatic hydroxyl groups is 1. The van der Waals surface area contributed by atoms with E-state index in [1.54, 1.807) is 54.6 Å². The van der Waals surface area contributed by atoms with Gasteiger partial charge in [-0.05, 0) is 59.7 Å². The number of ether oxygens (including phenoxy) is 9. The van der Waals surface area contributed by atoms with Gasteiger partial charge in [0.05, 0.1) is 58.6 Å². The summed E-state index contributed by atoms with van der Waals surface area (Å²) in [4.78, 5) is 18.7. The summed E-state index contributed by atoms with van der Waals surface area (Å²) in [5.41, 5.74) is 1.38. The van der Waals surface area contributed by atoms with Gasteiger partial charge in [0.25, 0.3) is 15.9 Å². The molecule has 1 atom stereocenters. The summed E-state index contributed by atoms with van der Waals surface area (Å²) >= 11 is 0. The number of aliphatic hydroxyl groups excluding tert-OH is 1. The first kappa shape index (κ1) is 40.6. The minimum absolute atomic E-state index is 0.00239. The van der Waals surface area contributed by atoms with E-state index in [9.17, 15) is 18.3 Å². The van der Waals surface area contributed by atoms with Gasteiger partial charge in [0.1, 0.15) is 19.0 Å². The highest BCUT2D eigenvalue weighted by Crippen LogP contribution is 2.50. The largest absolute Gasteiger partial charge is 0.497 e. The maximum atomic E-state index is 14.2. The van der Waals surface area contributed by atoms with Gasteiger partial charge in [-0.15, -0.1) is 0 Å². The van der Waals surface area contributed by atoms with Crippen molar-refractivity contribution in [1.82, 2.24) is 9.80 Å². The van der Waals surface area contributed by atoms with Crippen LogP contribution in [0.15, 0.2) is 60.2 Å². The fourth-order valence-corrected chi connectivity index (χ4v) is 8.02. The van der Waals surface area contributed by atoms with Crippen molar-refractivity contribution in [3.63, 3.8) is 0 Å². The van der Waals surface area contributed by atoms with Crippen LogP contribution in [0, 0.1) is 0 Å². The van der Waals surface area contributed by atoms with Crippen LogP contribution in [0.5, 0.6) is 34.5 Å². The highest BCUT2D eigenvalue weighted by atomic mass is 32.2. The molecule has 17 heteroatoms. The minimum Gasteiger partial charge on any atom is -0.497 e. The number of hydrogen-bond donors (Lipinski definition) is 1. The van der Waals surface area contributed by atoms with Crippen molar-refractivity contribution in [2.75, 3.05) is 112 Å². The third-order valence-electron chi connectivity index (χ3n) is 10.1. The van der Waals surface area contributed by atoms with E-state index in [1.165, 1.54) is 14.2 Å². The number of carbonyl (C=O) groups excluding carboxylic acids is 1. The monoisotopic (exact) mass is 812 g/mol. The topological polar surface area (TPSA) is 170 Å². The maximum Gasteiger partial charge on any atom is 0.342 e. The van der Waals surface area contributed by atoms with E-state index in [0.717, 1.165) is 26.2 Å². The fraction of sp³-hybridized carbons (Fsp3) is 0.475. The highest BCUT2D eigenvalue weighted by Gasteiger charge is 2.53. The zero-order valence-electron chi connectivity index (χ0n) is 32.1. The number of cyclic esters (lactones) is 1.